The van der Waals surface area contributed by atoms with Crippen LogP contribution in [0.4, 0.5) is 5.69 Å². The molecule has 8 heteroatoms. The van der Waals surface area contributed by atoms with Crippen LogP contribution in [-0.4, -0.2) is 36.8 Å². The lowest BCUT2D eigenvalue weighted by molar-refractivity contribution is -0.387. The van der Waals surface area contributed by atoms with E-state index < -0.39 is 20.6 Å². The van der Waals surface area contributed by atoms with E-state index in [0.717, 1.165) is 0 Å². The van der Waals surface area contributed by atoms with Gasteiger partial charge in [-0.3, -0.25) is 10.1 Å². The summed E-state index contributed by atoms with van der Waals surface area (Å²) in [6.07, 6.45) is 0.569. The molecule has 1 aromatic carbocycles. The van der Waals surface area contributed by atoms with Gasteiger partial charge in [0.05, 0.1) is 4.92 Å². The maximum absolute atomic E-state index is 12.3. The van der Waals surface area contributed by atoms with Gasteiger partial charge in [-0.2, -0.15) is 4.31 Å². The SMILES string of the molecule is N[C@@H]1CCN(S(=O)(=O)c2ccccc2[N+](=O)[O-])C1. The summed E-state index contributed by atoms with van der Waals surface area (Å²) in [7, 11) is -3.84. The van der Waals surface area contributed by atoms with Crippen LogP contribution in [0, 0.1) is 10.1 Å². The predicted molar refractivity (Wildman–Crippen MR) is 64.4 cm³/mol. The first kappa shape index (κ1) is 12.9. The average Bonchev–Trinajstić information content (AvgIpc) is 2.76. The number of nitro groups is 1. The van der Waals surface area contributed by atoms with Crippen molar-refractivity contribution in [2.24, 2.45) is 5.73 Å². The molecule has 0 spiro atoms. The first-order valence-electron chi connectivity index (χ1n) is 5.42. The Morgan fingerprint density at radius 3 is 2.61 bits per heavy atom. The summed E-state index contributed by atoms with van der Waals surface area (Å²) in [4.78, 5) is 9.88. The van der Waals surface area contributed by atoms with Gasteiger partial charge in [0.2, 0.25) is 10.0 Å². The monoisotopic (exact) mass is 271 g/mol. The van der Waals surface area contributed by atoms with Crippen LogP contribution in [0.1, 0.15) is 6.42 Å². The lowest BCUT2D eigenvalue weighted by Crippen LogP contribution is -2.32. The molecule has 7 nitrogen and oxygen atoms in total. The van der Waals surface area contributed by atoms with Crippen molar-refractivity contribution in [2.45, 2.75) is 17.4 Å². The quantitative estimate of drug-likeness (QED) is 0.629. The molecule has 0 amide bonds. The molecule has 1 atom stereocenters. The summed E-state index contributed by atoms with van der Waals surface area (Å²) >= 11 is 0. The first-order chi connectivity index (χ1) is 8.43. The van der Waals surface area contributed by atoms with E-state index in [1.54, 1.807) is 0 Å². The number of hydrogen-bond acceptors (Lipinski definition) is 5. The molecule has 0 radical (unpaired) electrons. The highest BCUT2D eigenvalue weighted by atomic mass is 32.2. The molecule has 98 valence electrons. The molecule has 2 rings (SSSR count). The number of benzene rings is 1. The van der Waals surface area contributed by atoms with Crippen LogP contribution < -0.4 is 5.73 Å². The van der Waals surface area contributed by atoms with Crippen molar-refractivity contribution in [3.05, 3.63) is 34.4 Å². The van der Waals surface area contributed by atoms with Gasteiger partial charge in [0.25, 0.3) is 5.69 Å². The van der Waals surface area contributed by atoms with E-state index in [9.17, 15) is 18.5 Å². The second-order valence-electron chi connectivity index (χ2n) is 4.14. The lowest BCUT2D eigenvalue weighted by atomic mass is 10.3. The minimum absolute atomic E-state index is 0.203. The standard InChI is InChI=1S/C10H13N3O4S/c11-8-5-6-12(7-8)18(16,17)10-4-2-1-3-9(10)13(14)15/h1-4,8H,5-7,11H2/t8-/m1/s1. The highest BCUT2D eigenvalue weighted by Crippen LogP contribution is 2.27. The van der Waals surface area contributed by atoms with Gasteiger partial charge in [0.1, 0.15) is 0 Å². The number of nitro benzene ring substituents is 1. The highest BCUT2D eigenvalue weighted by molar-refractivity contribution is 7.89. The smallest absolute Gasteiger partial charge is 0.289 e. The van der Waals surface area contributed by atoms with Crippen LogP contribution in [0.3, 0.4) is 0 Å². The van der Waals surface area contributed by atoms with Gasteiger partial charge in [0.15, 0.2) is 4.90 Å². The fraction of sp³-hybridized carbons (Fsp3) is 0.400. The van der Waals surface area contributed by atoms with Crippen LogP contribution in [0.5, 0.6) is 0 Å². The lowest BCUT2D eigenvalue weighted by Gasteiger charge is -2.15. The van der Waals surface area contributed by atoms with Crippen molar-refractivity contribution in [2.75, 3.05) is 13.1 Å². The minimum Gasteiger partial charge on any atom is -0.326 e. The topological polar surface area (TPSA) is 107 Å². The van der Waals surface area contributed by atoms with E-state index in [1.165, 1.54) is 28.6 Å². The number of nitrogens with zero attached hydrogens (tertiary/aromatic N) is 2. The number of nitrogens with two attached hydrogens (primary N) is 1. The normalized spacial score (nSPS) is 21.1. The summed E-state index contributed by atoms with van der Waals surface area (Å²) in [6, 6.07) is 5.13. The van der Waals surface area contributed by atoms with E-state index in [4.69, 9.17) is 5.73 Å². The number of rotatable bonds is 3. The molecule has 1 fully saturated rings. The van der Waals surface area contributed by atoms with Crippen molar-refractivity contribution < 1.29 is 13.3 Å². The summed E-state index contributed by atoms with van der Waals surface area (Å²) in [5.74, 6) is 0. The predicted octanol–water partition coefficient (Wildman–Crippen LogP) is 0.316. The zero-order chi connectivity index (χ0) is 13.3. The Bertz CT molecular complexity index is 572. The summed E-state index contributed by atoms with van der Waals surface area (Å²) < 4.78 is 25.7. The maximum atomic E-state index is 12.3. The van der Waals surface area contributed by atoms with Crippen molar-refractivity contribution in [3.63, 3.8) is 0 Å². The molecular formula is C10H13N3O4S. The first-order valence-corrected chi connectivity index (χ1v) is 6.86. The molecule has 1 aromatic rings. The van der Waals surface area contributed by atoms with Crippen LogP contribution >= 0.6 is 0 Å². The second-order valence-corrected chi connectivity index (χ2v) is 6.04. The van der Waals surface area contributed by atoms with Crippen molar-refractivity contribution >= 4 is 15.7 Å². The van der Waals surface area contributed by atoms with Gasteiger partial charge >= 0.3 is 0 Å². The van der Waals surface area contributed by atoms with Gasteiger partial charge < -0.3 is 5.73 Å². The third kappa shape index (κ3) is 2.22. The number of hydrogen-bond donors (Lipinski definition) is 1. The van der Waals surface area contributed by atoms with E-state index >= 15 is 0 Å². The summed E-state index contributed by atoms with van der Waals surface area (Å²) in [5.41, 5.74) is 5.25. The van der Waals surface area contributed by atoms with E-state index in [1.807, 2.05) is 0 Å². The molecule has 0 saturated carbocycles. The molecule has 1 aliphatic heterocycles. The Morgan fingerprint density at radius 1 is 1.39 bits per heavy atom. The van der Waals surface area contributed by atoms with Gasteiger partial charge in [0, 0.05) is 25.2 Å². The van der Waals surface area contributed by atoms with Gasteiger partial charge in [-0.1, -0.05) is 12.1 Å². The second kappa shape index (κ2) is 4.63. The number of para-hydroxylation sites is 1. The van der Waals surface area contributed by atoms with E-state index in [-0.39, 0.29) is 17.5 Å². The molecule has 1 aliphatic rings. The Morgan fingerprint density at radius 2 is 2.06 bits per heavy atom. The van der Waals surface area contributed by atoms with E-state index in [2.05, 4.69) is 0 Å². The molecule has 2 N–H and O–H groups in total. The Balaban J connectivity index is 2.45. The Hall–Kier alpha value is -1.51. The molecule has 0 aliphatic carbocycles. The third-order valence-electron chi connectivity index (χ3n) is 2.87. The minimum atomic E-state index is -3.84. The molecule has 0 unspecified atom stereocenters. The van der Waals surface area contributed by atoms with Crippen molar-refractivity contribution in [3.8, 4) is 0 Å². The van der Waals surface area contributed by atoms with Crippen LogP contribution in [0.15, 0.2) is 29.2 Å². The summed E-state index contributed by atoms with van der Waals surface area (Å²) in [5, 5.41) is 10.8. The molecule has 1 saturated heterocycles. The molecule has 1 heterocycles. The zero-order valence-corrected chi connectivity index (χ0v) is 10.3. The van der Waals surface area contributed by atoms with Gasteiger partial charge in [-0.15, -0.1) is 0 Å². The summed E-state index contributed by atoms with van der Waals surface area (Å²) in [6.45, 7) is 0.504. The van der Waals surface area contributed by atoms with E-state index in [0.29, 0.717) is 13.0 Å². The highest BCUT2D eigenvalue weighted by Gasteiger charge is 2.35. The number of sulfonamides is 1. The van der Waals surface area contributed by atoms with Gasteiger partial charge in [-0.25, -0.2) is 8.42 Å². The molecule has 0 bridgehead atoms. The van der Waals surface area contributed by atoms with Gasteiger partial charge in [-0.05, 0) is 12.5 Å². The Labute approximate surface area is 104 Å². The average molecular weight is 271 g/mol. The van der Waals surface area contributed by atoms with Crippen LogP contribution in [0.25, 0.3) is 0 Å². The largest absolute Gasteiger partial charge is 0.326 e. The fourth-order valence-electron chi connectivity index (χ4n) is 1.94. The molecule has 18 heavy (non-hydrogen) atoms. The Kier molecular flexibility index (Phi) is 3.33. The zero-order valence-electron chi connectivity index (χ0n) is 9.52. The van der Waals surface area contributed by atoms with Crippen LogP contribution in [0.2, 0.25) is 0 Å². The maximum Gasteiger partial charge on any atom is 0.289 e. The molecule has 0 aromatic heterocycles. The molecular weight excluding hydrogens is 258 g/mol. The fourth-order valence-corrected chi connectivity index (χ4v) is 3.61. The van der Waals surface area contributed by atoms with Crippen molar-refractivity contribution in [1.82, 2.24) is 4.31 Å². The van der Waals surface area contributed by atoms with Crippen LogP contribution in [-0.2, 0) is 10.0 Å². The van der Waals surface area contributed by atoms with Crippen molar-refractivity contribution in [1.29, 1.82) is 0 Å². The third-order valence-corrected chi connectivity index (χ3v) is 4.78.